The van der Waals surface area contributed by atoms with Crippen LogP contribution in [0.4, 0.5) is 0 Å². The second-order valence-electron chi connectivity index (χ2n) is 8.60. The van der Waals surface area contributed by atoms with Crippen LogP contribution in [0.25, 0.3) is 0 Å². The molecule has 33 heavy (non-hydrogen) atoms. The Morgan fingerprint density at radius 2 is 1.79 bits per heavy atom. The van der Waals surface area contributed by atoms with Gasteiger partial charge < -0.3 is 29.5 Å². The normalized spacial score (nSPS) is 34.4. The van der Waals surface area contributed by atoms with E-state index in [0.29, 0.717) is 19.3 Å². The molecular formula is C22H26N2O9. The lowest BCUT2D eigenvalue weighted by atomic mass is 9.95. The van der Waals surface area contributed by atoms with Gasteiger partial charge in [-0.25, -0.2) is 9.59 Å². The number of carbonyl (C=O) groups excluding carboxylic acids is 4. The number of nitrogens with one attached hydrogen (secondary N) is 1. The number of rotatable bonds is 7. The molecule has 1 amide bonds. The van der Waals surface area contributed by atoms with Crippen molar-refractivity contribution in [3.63, 3.8) is 0 Å². The average Bonchev–Trinajstić information content (AvgIpc) is 3.55. The summed E-state index contributed by atoms with van der Waals surface area (Å²) < 4.78 is 22.4. The van der Waals surface area contributed by atoms with Gasteiger partial charge in [-0.15, -0.1) is 0 Å². The molecule has 0 aromatic carbocycles. The Balaban J connectivity index is 1.45. The fourth-order valence-corrected chi connectivity index (χ4v) is 4.29. The molecule has 1 saturated heterocycles. The Hall–Kier alpha value is -3.21. The van der Waals surface area contributed by atoms with Crippen molar-refractivity contribution in [1.82, 2.24) is 5.32 Å². The van der Waals surface area contributed by atoms with Crippen LogP contribution < -0.4 is 5.32 Å². The zero-order valence-corrected chi connectivity index (χ0v) is 18.1. The molecule has 4 aliphatic rings. The van der Waals surface area contributed by atoms with Crippen LogP contribution in [0.5, 0.6) is 0 Å². The molecule has 0 bridgehead atoms. The van der Waals surface area contributed by atoms with Gasteiger partial charge in [0.1, 0.15) is 12.7 Å². The molecule has 0 spiro atoms. The van der Waals surface area contributed by atoms with Crippen LogP contribution >= 0.6 is 0 Å². The van der Waals surface area contributed by atoms with E-state index in [1.165, 1.54) is 6.08 Å². The van der Waals surface area contributed by atoms with Crippen molar-refractivity contribution in [2.75, 3.05) is 6.61 Å². The first-order chi connectivity index (χ1) is 15.8. The molecule has 0 aromatic heterocycles. The molecule has 1 saturated carbocycles. The van der Waals surface area contributed by atoms with E-state index in [-0.39, 0.29) is 24.3 Å². The molecule has 4 rings (SSSR count). The van der Waals surface area contributed by atoms with E-state index in [2.05, 4.69) is 10.5 Å². The number of ether oxygens (including phenoxy) is 4. The largest absolute Gasteiger partial charge is 0.462 e. The number of nitrogens with zero attached hydrogens (tertiary/aromatic N) is 1. The first-order valence-electron chi connectivity index (χ1n) is 11.0. The van der Waals surface area contributed by atoms with Crippen molar-refractivity contribution >= 4 is 29.7 Å². The summed E-state index contributed by atoms with van der Waals surface area (Å²) in [6.07, 6.45) is 4.54. The van der Waals surface area contributed by atoms with Crippen molar-refractivity contribution in [3.05, 3.63) is 24.3 Å². The monoisotopic (exact) mass is 462 g/mol. The lowest BCUT2D eigenvalue weighted by Gasteiger charge is -2.25. The third-order valence-electron chi connectivity index (χ3n) is 6.55. The second-order valence-corrected chi connectivity index (χ2v) is 8.60. The van der Waals surface area contributed by atoms with Gasteiger partial charge in [0.25, 0.3) is 0 Å². The molecule has 0 aromatic rings. The first-order valence-corrected chi connectivity index (χ1v) is 11.0. The molecule has 11 heteroatoms. The van der Waals surface area contributed by atoms with Gasteiger partial charge in [0.15, 0.2) is 18.0 Å². The van der Waals surface area contributed by atoms with Gasteiger partial charge >= 0.3 is 17.9 Å². The number of fused-ring (bicyclic) bond motifs is 1. The van der Waals surface area contributed by atoms with Crippen molar-refractivity contribution in [1.29, 1.82) is 0 Å². The number of oxime groups is 1. The van der Waals surface area contributed by atoms with Crippen LogP contribution in [0.3, 0.4) is 0 Å². The zero-order valence-electron chi connectivity index (χ0n) is 18.1. The standard InChI is InChI=1S/C22H26N2O9/c1-2-22(9-10-22)21(28)30-11-14-19-18(32-16(25)7-8-17(26)33-19)13(31-14)5-3-12-4-6-15(24-29)23-20(12)27/h4,6-8,12-14,18-19,29H,2-3,5,9-11H2,1H3,(H,23,24,27)/b8-7-/t12?,13-,14+,18+,19?/m0/s1. The van der Waals surface area contributed by atoms with Gasteiger partial charge in [-0.1, -0.05) is 18.2 Å². The summed E-state index contributed by atoms with van der Waals surface area (Å²) in [4.78, 5) is 48.8. The quantitative estimate of drug-likeness (QED) is 0.242. The smallest absolute Gasteiger partial charge is 0.331 e. The summed E-state index contributed by atoms with van der Waals surface area (Å²) >= 11 is 0. The van der Waals surface area contributed by atoms with Gasteiger partial charge in [-0.05, 0) is 38.2 Å². The minimum Gasteiger partial charge on any atom is -0.462 e. The molecule has 2 N–H and O–H groups in total. The van der Waals surface area contributed by atoms with E-state index >= 15 is 0 Å². The molecule has 0 radical (unpaired) electrons. The summed E-state index contributed by atoms with van der Waals surface area (Å²) in [6.45, 7) is 1.78. The number of amidine groups is 1. The summed E-state index contributed by atoms with van der Waals surface area (Å²) in [5.74, 6) is -2.56. The van der Waals surface area contributed by atoms with Gasteiger partial charge in [-0.2, -0.15) is 0 Å². The fraction of sp³-hybridized carbons (Fsp3) is 0.591. The van der Waals surface area contributed by atoms with Crippen LogP contribution in [0.2, 0.25) is 0 Å². The number of carbonyl (C=O) groups is 4. The minimum atomic E-state index is -0.954. The number of amides is 1. The zero-order chi connectivity index (χ0) is 23.6. The molecular weight excluding hydrogens is 436 g/mol. The Labute approximate surface area is 189 Å². The van der Waals surface area contributed by atoms with Gasteiger partial charge in [-0.3, -0.25) is 9.59 Å². The molecule has 1 aliphatic carbocycles. The Bertz CT molecular complexity index is 921. The van der Waals surface area contributed by atoms with E-state index in [4.69, 9.17) is 24.2 Å². The van der Waals surface area contributed by atoms with Gasteiger partial charge in [0, 0.05) is 12.2 Å². The van der Waals surface area contributed by atoms with Crippen LogP contribution in [0.15, 0.2) is 29.5 Å². The van der Waals surface area contributed by atoms with Crippen molar-refractivity contribution in [3.8, 4) is 0 Å². The number of hydrogen-bond donors (Lipinski definition) is 2. The lowest BCUT2D eigenvalue weighted by Crippen LogP contribution is -2.43. The highest BCUT2D eigenvalue weighted by atomic mass is 16.7. The summed E-state index contributed by atoms with van der Waals surface area (Å²) in [5.41, 5.74) is -0.443. The lowest BCUT2D eigenvalue weighted by molar-refractivity contribution is -0.165. The molecule has 11 nitrogen and oxygen atoms in total. The van der Waals surface area contributed by atoms with Crippen molar-refractivity contribution in [2.45, 2.75) is 63.4 Å². The molecule has 2 fully saturated rings. The van der Waals surface area contributed by atoms with E-state index in [0.717, 1.165) is 25.0 Å². The highest BCUT2D eigenvalue weighted by Crippen LogP contribution is 2.49. The molecule has 178 valence electrons. The summed E-state index contributed by atoms with van der Waals surface area (Å²) in [7, 11) is 0. The maximum Gasteiger partial charge on any atom is 0.331 e. The van der Waals surface area contributed by atoms with Crippen LogP contribution in [0, 0.1) is 11.3 Å². The predicted molar refractivity (Wildman–Crippen MR) is 110 cm³/mol. The number of hydrogen-bond acceptors (Lipinski definition) is 10. The fourth-order valence-electron chi connectivity index (χ4n) is 4.29. The summed E-state index contributed by atoms with van der Waals surface area (Å²) in [6, 6.07) is 0. The highest BCUT2D eigenvalue weighted by Gasteiger charge is 2.53. The Kier molecular flexibility index (Phi) is 6.50. The average molecular weight is 462 g/mol. The highest BCUT2D eigenvalue weighted by molar-refractivity contribution is 6.07. The topological polar surface area (TPSA) is 150 Å². The van der Waals surface area contributed by atoms with Crippen molar-refractivity contribution in [2.24, 2.45) is 16.5 Å². The molecule has 2 unspecified atom stereocenters. The maximum absolute atomic E-state index is 12.5. The third-order valence-corrected chi connectivity index (χ3v) is 6.55. The third kappa shape index (κ3) is 4.92. The van der Waals surface area contributed by atoms with Crippen molar-refractivity contribution < 1.29 is 43.3 Å². The Morgan fingerprint density at radius 3 is 2.36 bits per heavy atom. The molecule has 3 heterocycles. The Morgan fingerprint density at radius 1 is 1.12 bits per heavy atom. The summed E-state index contributed by atoms with van der Waals surface area (Å²) in [5, 5.41) is 14.2. The SMILES string of the molecule is CCC1(C(=O)OC[C@H]2O[C@@H](CCC3C=CC(=NO)NC3=O)[C@H]3OC(=O)/C=C\C(=O)OC23)CC1. The van der Waals surface area contributed by atoms with Gasteiger partial charge in [0.2, 0.25) is 5.91 Å². The second kappa shape index (κ2) is 9.34. The minimum absolute atomic E-state index is 0.0449. The van der Waals surface area contributed by atoms with Gasteiger partial charge in [0.05, 0.1) is 17.4 Å². The van der Waals surface area contributed by atoms with Crippen LogP contribution in [0.1, 0.15) is 39.0 Å². The molecule has 5 atom stereocenters. The van der Waals surface area contributed by atoms with Crippen LogP contribution in [-0.2, 0) is 38.1 Å². The molecule has 3 aliphatic heterocycles. The predicted octanol–water partition coefficient (Wildman–Crippen LogP) is 0.751. The van der Waals surface area contributed by atoms with E-state index in [1.807, 2.05) is 6.92 Å². The van der Waals surface area contributed by atoms with E-state index in [9.17, 15) is 19.2 Å². The van der Waals surface area contributed by atoms with E-state index < -0.39 is 47.7 Å². The van der Waals surface area contributed by atoms with E-state index in [1.54, 1.807) is 6.08 Å². The number of esters is 3. The first kappa shape index (κ1) is 23.0. The maximum atomic E-state index is 12.5. The van der Waals surface area contributed by atoms with Crippen LogP contribution in [-0.4, -0.2) is 65.9 Å².